The van der Waals surface area contributed by atoms with Crippen LogP contribution in [0, 0.1) is 10.8 Å². The molecule has 0 unspecified atom stereocenters. The first-order valence-electron chi connectivity index (χ1n) is 7.05. The van der Waals surface area contributed by atoms with Crippen molar-refractivity contribution in [1.82, 2.24) is 0 Å². The van der Waals surface area contributed by atoms with Crippen LogP contribution >= 0.6 is 24.0 Å². The van der Waals surface area contributed by atoms with E-state index < -0.39 is 0 Å². The number of thioether (sulfide) groups is 1. The SMILES string of the molecule is CCSc1cccc(NC2C(C)(C)C2(C)C)c1C(N)=S. The van der Waals surface area contributed by atoms with Crippen LogP contribution in [0.5, 0.6) is 0 Å². The molecule has 110 valence electrons. The van der Waals surface area contributed by atoms with Gasteiger partial charge in [-0.1, -0.05) is 52.9 Å². The summed E-state index contributed by atoms with van der Waals surface area (Å²) in [7, 11) is 0. The van der Waals surface area contributed by atoms with Crippen LogP contribution < -0.4 is 11.1 Å². The molecule has 0 atom stereocenters. The molecule has 1 aromatic rings. The minimum absolute atomic E-state index is 0.286. The Labute approximate surface area is 131 Å². The van der Waals surface area contributed by atoms with Crippen molar-refractivity contribution in [1.29, 1.82) is 0 Å². The summed E-state index contributed by atoms with van der Waals surface area (Å²) in [4.78, 5) is 1.64. The average molecular weight is 309 g/mol. The molecule has 0 radical (unpaired) electrons. The lowest BCUT2D eigenvalue weighted by Crippen LogP contribution is -2.18. The minimum Gasteiger partial charge on any atom is -0.389 e. The van der Waals surface area contributed by atoms with Gasteiger partial charge in [0.1, 0.15) is 4.99 Å². The fourth-order valence-corrected chi connectivity index (χ4v) is 4.03. The lowest BCUT2D eigenvalue weighted by Gasteiger charge is -2.16. The molecule has 1 saturated carbocycles. The van der Waals surface area contributed by atoms with E-state index in [2.05, 4.69) is 58.1 Å². The van der Waals surface area contributed by atoms with Crippen LogP contribution in [0.3, 0.4) is 0 Å². The van der Waals surface area contributed by atoms with E-state index in [1.165, 1.54) is 4.90 Å². The average Bonchev–Trinajstić information content (AvgIpc) is 2.72. The second-order valence-electron chi connectivity index (χ2n) is 6.50. The highest BCUT2D eigenvalue weighted by atomic mass is 32.2. The first kappa shape index (κ1) is 15.6. The van der Waals surface area contributed by atoms with Gasteiger partial charge in [-0.3, -0.25) is 0 Å². The van der Waals surface area contributed by atoms with Gasteiger partial charge in [0, 0.05) is 22.2 Å². The Hall–Kier alpha value is -0.740. The maximum absolute atomic E-state index is 5.96. The molecule has 4 heteroatoms. The van der Waals surface area contributed by atoms with Crippen LogP contribution in [0.15, 0.2) is 23.1 Å². The summed E-state index contributed by atoms with van der Waals surface area (Å²) in [6.07, 6.45) is 0. The van der Waals surface area contributed by atoms with Crippen LogP contribution in [0.4, 0.5) is 5.69 Å². The van der Waals surface area contributed by atoms with Gasteiger partial charge >= 0.3 is 0 Å². The molecular weight excluding hydrogens is 284 g/mol. The summed E-state index contributed by atoms with van der Waals surface area (Å²) < 4.78 is 0. The number of rotatable bonds is 5. The molecule has 2 rings (SSSR count). The number of thiocarbonyl (C=S) groups is 1. The second kappa shape index (κ2) is 5.23. The molecule has 3 N–H and O–H groups in total. The predicted octanol–water partition coefficient (Wildman–Crippen LogP) is 4.28. The van der Waals surface area contributed by atoms with E-state index in [4.69, 9.17) is 18.0 Å². The van der Waals surface area contributed by atoms with Crippen LogP contribution in [-0.2, 0) is 0 Å². The molecule has 0 bridgehead atoms. The molecule has 0 aliphatic heterocycles. The lowest BCUT2D eigenvalue weighted by molar-refractivity contribution is 0.457. The number of nitrogens with two attached hydrogens (primary N) is 1. The normalized spacial score (nSPS) is 19.6. The third-order valence-electron chi connectivity index (χ3n) is 4.89. The summed E-state index contributed by atoms with van der Waals surface area (Å²) in [6.45, 7) is 11.3. The van der Waals surface area contributed by atoms with Gasteiger partial charge in [0.05, 0.1) is 0 Å². The highest BCUT2D eigenvalue weighted by Gasteiger charge is 2.65. The van der Waals surface area contributed by atoms with Crippen LogP contribution in [0.2, 0.25) is 0 Å². The van der Waals surface area contributed by atoms with Gasteiger partial charge in [-0.25, -0.2) is 0 Å². The summed E-state index contributed by atoms with van der Waals surface area (Å²) in [5.74, 6) is 1.01. The molecule has 0 saturated heterocycles. The number of hydrogen-bond donors (Lipinski definition) is 2. The van der Waals surface area contributed by atoms with Crippen LogP contribution in [0.1, 0.15) is 40.2 Å². The van der Waals surface area contributed by atoms with Gasteiger partial charge in [0.15, 0.2) is 0 Å². The van der Waals surface area contributed by atoms with Crippen molar-refractivity contribution >= 4 is 34.7 Å². The van der Waals surface area contributed by atoms with Crippen molar-refractivity contribution in [2.24, 2.45) is 16.6 Å². The van der Waals surface area contributed by atoms with Crippen molar-refractivity contribution in [2.75, 3.05) is 11.1 Å². The summed E-state index contributed by atoms with van der Waals surface area (Å²) in [5, 5.41) is 3.66. The van der Waals surface area contributed by atoms with Gasteiger partial charge in [-0.05, 0) is 28.7 Å². The van der Waals surface area contributed by atoms with Gasteiger partial charge in [0.25, 0.3) is 0 Å². The zero-order valence-electron chi connectivity index (χ0n) is 12.9. The van der Waals surface area contributed by atoms with E-state index in [9.17, 15) is 0 Å². The maximum Gasteiger partial charge on any atom is 0.107 e. The van der Waals surface area contributed by atoms with E-state index in [1.807, 2.05) is 0 Å². The van der Waals surface area contributed by atoms with Crippen molar-refractivity contribution < 1.29 is 0 Å². The molecule has 2 nitrogen and oxygen atoms in total. The number of hydrogen-bond acceptors (Lipinski definition) is 3. The van der Waals surface area contributed by atoms with Crippen molar-refractivity contribution in [2.45, 2.75) is 45.6 Å². The summed E-state index contributed by atoms with van der Waals surface area (Å²) >= 11 is 7.05. The zero-order valence-corrected chi connectivity index (χ0v) is 14.5. The smallest absolute Gasteiger partial charge is 0.107 e. The first-order chi connectivity index (χ1) is 9.23. The number of nitrogens with one attached hydrogen (secondary N) is 1. The van der Waals surface area contributed by atoms with Gasteiger partial charge < -0.3 is 11.1 Å². The van der Waals surface area contributed by atoms with Crippen molar-refractivity contribution in [3.8, 4) is 0 Å². The number of anilines is 1. The Bertz CT molecular complexity index is 521. The van der Waals surface area contributed by atoms with Gasteiger partial charge in [-0.15, -0.1) is 11.8 Å². The van der Waals surface area contributed by atoms with E-state index >= 15 is 0 Å². The van der Waals surface area contributed by atoms with E-state index in [-0.39, 0.29) is 10.8 Å². The molecule has 0 amide bonds. The van der Waals surface area contributed by atoms with E-state index in [1.54, 1.807) is 11.8 Å². The minimum atomic E-state index is 0.286. The quantitative estimate of drug-likeness (QED) is 0.629. The number of benzene rings is 1. The first-order valence-corrected chi connectivity index (χ1v) is 8.45. The monoisotopic (exact) mass is 308 g/mol. The van der Waals surface area contributed by atoms with Gasteiger partial charge in [0.2, 0.25) is 0 Å². The van der Waals surface area contributed by atoms with Gasteiger partial charge in [-0.2, -0.15) is 0 Å². The molecule has 1 aromatic carbocycles. The molecule has 20 heavy (non-hydrogen) atoms. The highest BCUT2D eigenvalue weighted by molar-refractivity contribution is 7.99. The molecule has 1 aliphatic rings. The maximum atomic E-state index is 5.96. The Morgan fingerprint density at radius 3 is 2.35 bits per heavy atom. The fraction of sp³-hybridized carbons (Fsp3) is 0.562. The summed E-state index contributed by atoms with van der Waals surface area (Å²) in [5.41, 5.74) is 8.59. The Kier molecular flexibility index (Phi) is 4.09. The second-order valence-corrected chi connectivity index (χ2v) is 8.24. The molecule has 1 fully saturated rings. The molecule has 1 aliphatic carbocycles. The topological polar surface area (TPSA) is 38.0 Å². The Balaban J connectivity index is 2.34. The fourth-order valence-electron chi connectivity index (χ4n) is 2.89. The third-order valence-corrected chi connectivity index (χ3v) is 6.04. The Morgan fingerprint density at radius 1 is 1.30 bits per heavy atom. The third kappa shape index (κ3) is 2.44. The molecule has 0 spiro atoms. The van der Waals surface area contributed by atoms with Crippen molar-refractivity contribution in [3.05, 3.63) is 23.8 Å². The standard InChI is InChI=1S/C16H24N2S2/c1-6-20-11-9-7-8-10(12(11)13(17)19)18-14-15(2,3)16(14,4)5/h7-9,14,18H,6H2,1-5H3,(H2,17,19). The zero-order chi connectivity index (χ0) is 15.1. The summed E-state index contributed by atoms with van der Waals surface area (Å²) in [6, 6.07) is 6.70. The molecular formula is C16H24N2S2. The lowest BCUT2D eigenvalue weighted by atomic mass is 10.0. The highest BCUT2D eigenvalue weighted by Crippen LogP contribution is 2.63. The largest absolute Gasteiger partial charge is 0.389 e. The van der Waals surface area contributed by atoms with E-state index in [0.29, 0.717) is 11.0 Å². The van der Waals surface area contributed by atoms with E-state index in [0.717, 1.165) is 17.0 Å². The molecule has 0 heterocycles. The van der Waals surface area contributed by atoms with Crippen LogP contribution in [-0.4, -0.2) is 16.8 Å². The Morgan fingerprint density at radius 2 is 1.90 bits per heavy atom. The molecule has 0 aromatic heterocycles. The van der Waals surface area contributed by atoms with Crippen molar-refractivity contribution in [3.63, 3.8) is 0 Å². The van der Waals surface area contributed by atoms with Crippen LogP contribution in [0.25, 0.3) is 0 Å². The predicted molar refractivity (Wildman–Crippen MR) is 93.7 cm³/mol.